The molecule has 0 saturated carbocycles. The molecule has 2 aromatic rings. The SMILES string of the molecule is N#C/C(=C/NCc1ccc(Br)cc1)C(=O)Nc1cccc(S(=O)(=O)O)c1. The van der Waals surface area contributed by atoms with Crippen molar-refractivity contribution in [3.8, 4) is 6.07 Å². The van der Waals surface area contributed by atoms with E-state index in [9.17, 15) is 13.2 Å². The topological polar surface area (TPSA) is 119 Å². The van der Waals surface area contributed by atoms with Crippen molar-refractivity contribution in [2.24, 2.45) is 0 Å². The number of rotatable bonds is 6. The number of carbonyl (C=O) groups is 1. The number of hydrogen-bond acceptors (Lipinski definition) is 5. The Morgan fingerprint density at radius 3 is 2.54 bits per heavy atom. The highest BCUT2D eigenvalue weighted by Crippen LogP contribution is 2.16. The van der Waals surface area contributed by atoms with Gasteiger partial charge in [0.15, 0.2) is 0 Å². The molecule has 0 atom stereocenters. The lowest BCUT2D eigenvalue weighted by atomic mass is 10.2. The highest BCUT2D eigenvalue weighted by Gasteiger charge is 2.13. The van der Waals surface area contributed by atoms with Crippen LogP contribution in [0.2, 0.25) is 0 Å². The predicted molar refractivity (Wildman–Crippen MR) is 99.6 cm³/mol. The maximum atomic E-state index is 12.1. The second-order valence-corrected chi connectivity index (χ2v) is 7.47. The molecule has 2 aromatic carbocycles. The van der Waals surface area contributed by atoms with Crippen molar-refractivity contribution in [3.63, 3.8) is 0 Å². The van der Waals surface area contributed by atoms with Gasteiger partial charge in [0.05, 0.1) is 4.90 Å². The molecule has 0 aromatic heterocycles. The van der Waals surface area contributed by atoms with Crippen LogP contribution in [0.25, 0.3) is 0 Å². The molecule has 0 unspecified atom stereocenters. The lowest BCUT2D eigenvalue weighted by Gasteiger charge is -2.06. The van der Waals surface area contributed by atoms with Gasteiger partial charge in [-0.3, -0.25) is 9.35 Å². The minimum absolute atomic E-state index is 0.138. The van der Waals surface area contributed by atoms with Crippen LogP contribution in [-0.2, 0) is 21.5 Å². The molecule has 134 valence electrons. The summed E-state index contributed by atoms with van der Waals surface area (Å²) < 4.78 is 32.2. The summed E-state index contributed by atoms with van der Waals surface area (Å²) in [4.78, 5) is 11.8. The molecular formula is C17H14BrN3O4S. The molecule has 9 heteroatoms. The van der Waals surface area contributed by atoms with Gasteiger partial charge in [-0.1, -0.05) is 34.1 Å². The third kappa shape index (κ3) is 5.70. The van der Waals surface area contributed by atoms with Crippen molar-refractivity contribution in [3.05, 3.63) is 70.3 Å². The number of anilines is 1. The van der Waals surface area contributed by atoms with Crippen LogP contribution in [0, 0.1) is 11.3 Å². The lowest BCUT2D eigenvalue weighted by molar-refractivity contribution is -0.112. The van der Waals surface area contributed by atoms with Gasteiger partial charge in [0.2, 0.25) is 0 Å². The molecule has 3 N–H and O–H groups in total. The van der Waals surface area contributed by atoms with Crippen LogP contribution in [0.5, 0.6) is 0 Å². The maximum Gasteiger partial charge on any atom is 0.294 e. The van der Waals surface area contributed by atoms with Crippen LogP contribution in [0.4, 0.5) is 5.69 Å². The molecule has 0 radical (unpaired) electrons. The van der Waals surface area contributed by atoms with E-state index in [1.807, 2.05) is 24.3 Å². The van der Waals surface area contributed by atoms with E-state index in [1.165, 1.54) is 24.4 Å². The summed E-state index contributed by atoms with van der Waals surface area (Å²) >= 11 is 3.33. The number of nitrogens with one attached hydrogen (secondary N) is 2. The highest BCUT2D eigenvalue weighted by atomic mass is 79.9. The average molecular weight is 436 g/mol. The summed E-state index contributed by atoms with van der Waals surface area (Å²) in [6, 6.07) is 14.4. The van der Waals surface area contributed by atoms with Gasteiger partial charge in [-0.2, -0.15) is 13.7 Å². The Morgan fingerprint density at radius 1 is 1.23 bits per heavy atom. The van der Waals surface area contributed by atoms with E-state index >= 15 is 0 Å². The van der Waals surface area contributed by atoms with Gasteiger partial charge in [-0.05, 0) is 35.9 Å². The highest BCUT2D eigenvalue weighted by molar-refractivity contribution is 9.10. The van der Waals surface area contributed by atoms with Gasteiger partial charge in [0.1, 0.15) is 11.6 Å². The third-order valence-electron chi connectivity index (χ3n) is 3.22. The van der Waals surface area contributed by atoms with E-state index in [4.69, 9.17) is 9.81 Å². The van der Waals surface area contributed by atoms with Crippen molar-refractivity contribution in [2.45, 2.75) is 11.4 Å². The van der Waals surface area contributed by atoms with Crippen molar-refractivity contribution in [2.75, 3.05) is 5.32 Å². The molecular weight excluding hydrogens is 422 g/mol. The summed E-state index contributed by atoms with van der Waals surface area (Å²) in [6.45, 7) is 0.421. The molecule has 26 heavy (non-hydrogen) atoms. The quantitative estimate of drug-likeness (QED) is 0.364. The summed E-state index contributed by atoms with van der Waals surface area (Å²) in [5, 5.41) is 14.4. The molecule has 0 aliphatic heterocycles. The average Bonchev–Trinajstić information content (AvgIpc) is 2.59. The monoisotopic (exact) mass is 435 g/mol. The fourth-order valence-electron chi connectivity index (χ4n) is 1.95. The first-order chi connectivity index (χ1) is 12.3. The molecule has 0 aliphatic carbocycles. The number of carbonyl (C=O) groups excluding carboxylic acids is 1. The van der Waals surface area contributed by atoms with Crippen LogP contribution < -0.4 is 10.6 Å². The van der Waals surface area contributed by atoms with E-state index in [-0.39, 0.29) is 16.2 Å². The van der Waals surface area contributed by atoms with E-state index < -0.39 is 16.0 Å². The Labute approximate surface area is 159 Å². The number of halogens is 1. The first kappa shape index (κ1) is 19.7. The number of nitriles is 1. The van der Waals surface area contributed by atoms with Crippen LogP contribution >= 0.6 is 15.9 Å². The predicted octanol–water partition coefficient (Wildman–Crippen LogP) is 2.83. The molecule has 0 spiro atoms. The first-order valence-electron chi connectivity index (χ1n) is 7.26. The summed E-state index contributed by atoms with van der Waals surface area (Å²) in [5.41, 5.74) is 0.918. The van der Waals surface area contributed by atoms with Gasteiger partial charge in [0, 0.05) is 22.9 Å². The molecule has 1 amide bonds. The molecule has 0 bridgehead atoms. The van der Waals surface area contributed by atoms with Crippen LogP contribution in [0.15, 0.2) is 69.7 Å². The summed E-state index contributed by atoms with van der Waals surface area (Å²) in [7, 11) is -4.38. The molecule has 0 fully saturated rings. The Morgan fingerprint density at radius 2 is 1.92 bits per heavy atom. The Hall–Kier alpha value is -2.67. The normalized spacial score (nSPS) is 11.5. The maximum absolute atomic E-state index is 12.1. The van der Waals surface area contributed by atoms with E-state index in [1.54, 1.807) is 6.07 Å². The molecule has 0 heterocycles. The van der Waals surface area contributed by atoms with Crippen molar-refractivity contribution < 1.29 is 17.8 Å². The van der Waals surface area contributed by atoms with Crippen molar-refractivity contribution >= 4 is 37.6 Å². The summed E-state index contributed by atoms with van der Waals surface area (Å²) in [6.07, 6.45) is 1.28. The zero-order chi connectivity index (χ0) is 19.2. The van der Waals surface area contributed by atoms with Gasteiger partial charge in [0.25, 0.3) is 16.0 Å². The minimum Gasteiger partial charge on any atom is -0.386 e. The second kappa shape index (κ2) is 8.62. The van der Waals surface area contributed by atoms with E-state index in [0.717, 1.165) is 16.1 Å². The Bertz CT molecular complexity index is 980. The number of hydrogen-bond donors (Lipinski definition) is 3. The zero-order valence-electron chi connectivity index (χ0n) is 13.3. The van der Waals surface area contributed by atoms with Gasteiger partial charge < -0.3 is 10.6 Å². The fraction of sp³-hybridized carbons (Fsp3) is 0.0588. The molecule has 7 nitrogen and oxygen atoms in total. The largest absolute Gasteiger partial charge is 0.386 e. The Kier molecular flexibility index (Phi) is 6.52. The standard InChI is InChI=1S/C17H14BrN3O4S/c18-14-6-4-12(5-7-14)10-20-11-13(9-19)17(22)21-15-2-1-3-16(8-15)26(23,24)25/h1-8,11,20H,10H2,(H,21,22)(H,23,24,25)/b13-11-. The number of amides is 1. The third-order valence-corrected chi connectivity index (χ3v) is 4.60. The van der Waals surface area contributed by atoms with Crippen LogP contribution in [0.3, 0.4) is 0 Å². The van der Waals surface area contributed by atoms with Gasteiger partial charge in [-0.15, -0.1) is 0 Å². The lowest BCUT2D eigenvalue weighted by Crippen LogP contribution is -2.17. The van der Waals surface area contributed by atoms with Crippen LogP contribution in [0.1, 0.15) is 5.56 Å². The smallest absolute Gasteiger partial charge is 0.294 e. The van der Waals surface area contributed by atoms with Crippen molar-refractivity contribution in [1.82, 2.24) is 5.32 Å². The molecule has 0 aliphatic rings. The zero-order valence-corrected chi connectivity index (χ0v) is 15.7. The summed E-state index contributed by atoms with van der Waals surface area (Å²) in [5.74, 6) is -0.705. The molecule has 2 rings (SSSR count). The fourth-order valence-corrected chi connectivity index (χ4v) is 2.75. The van der Waals surface area contributed by atoms with E-state index in [2.05, 4.69) is 26.6 Å². The van der Waals surface area contributed by atoms with Crippen LogP contribution in [-0.4, -0.2) is 18.9 Å². The minimum atomic E-state index is -4.38. The molecule has 0 saturated heterocycles. The first-order valence-corrected chi connectivity index (χ1v) is 9.50. The van der Waals surface area contributed by atoms with Gasteiger partial charge >= 0.3 is 0 Å². The van der Waals surface area contributed by atoms with Gasteiger partial charge in [-0.25, -0.2) is 0 Å². The van der Waals surface area contributed by atoms with E-state index in [0.29, 0.717) is 6.54 Å². The number of benzene rings is 2. The van der Waals surface area contributed by atoms with Crippen molar-refractivity contribution in [1.29, 1.82) is 5.26 Å². The second-order valence-electron chi connectivity index (χ2n) is 5.13. The Balaban J connectivity index is 2.04. The number of nitrogens with zero attached hydrogens (tertiary/aromatic N) is 1.